The number of aliphatic hydroxyl groups excluding tert-OH is 6. The molecule has 7 aliphatic heterocycles. The number of benzene rings is 5. The van der Waals surface area contributed by atoms with Crippen LogP contribution in [0.2, 0.25) is 10.0 Å². The Balaban J connectivity index is 0.988. The molecular weight excluding hydrogens is 1630 g/mol. The molecule has 0 aliphatic carbocycles. The van der Waals surface area contributed by atoms with Gasteiger partial charge in [-0.25, -0.2) is 0 Å². The van der Waals surface area contributed by atoms with Crippen molar-refractivity contribution in [2.45, 2.75) is 195 Å². The molecule has 2 saturated heterocycles. The summed E-state index contributed by atoms with van der Waals surface area (Å²) in [6.07, 6.45) is -12.7. The van der Waals surface area contributed by atoms with Gasteiger partial charge in [0.1, 0.15) is 95.5 Å². The number of aromatic nitrogens is 2. The number of hydrogen-bond acceptors (Lipinski definition) is 28. The highest BCUT2D eigenvalue weighted by molar-refractivity contribution is 6.32. The van der Waals surface area contributed by atoms with E-state index in [-0.39, 0.29) is 69.6 Å². The fraction of sp³-hybridized carbons (Fsp3) is 0.429. The molecule has 652 valence electrons. The third kappa shape index (κ3) is 21.2. The summed E-state index contributed by atoms with van der Waals surface area (Å²) in [4.78, 5) is 132. The summed E-state index contributed by atoms with van der Waals surface area (Å²) in [5.74, 6) is -14.6. The number of primary amides is 1. The lowest BCUT2D eigenvalue weighted by Crippen LogP contribution is -2.64. The summed E-state index contributed by atoms with van der Waals surface area (Å²) in [6.45, 7) is 7.48. The number of phenolic OH excluding ortho intramolecular Hbond substituents is 3. The van der Waals surface area contributed by atoms with Crippen molar-refractivity contribution < 1.29 is 113 Å². The number of unbranched alkanes of at least 4 members (excludes halogenated alkanes) is 3. The molecule has 18 atom stereocenters. The molecule has 9 heterocycles. The minimum absolute atomic E-state index is 0.00201. The number of amides is 8. The van der Waals surface area contributed by atoms with Gasteiger partial charge in [-0.15, -0.1) is 0 Å². The van der Waals surface area contributed by atoms with Crippen LogP contribution in [0, 0.1) is 5.92 Å². The molecule has 7 aliphatic rings. The number of pyridine rings is 2. The van der Waals surface area contributed by atoms with Gasteiger partial charge in [0.05, 0.1) is 52.7 Å². The maximum atomic E-state index is 16.3. The van der Waals surface area contributed by atoms with E-state index in [0.29, 0.717) is 38.9 Å². The van der Waals surface area contributed by atoms with E-state index in [1.54, 1.807) is 12.4 Å². The van der Waals surface area contributed by atoms with Gasteiger partial charge in [0.25, 0.3) is 0 Å². The van der Waals surface area contributed by atoms with E-state index in [1.165, 1.54) is 45.2 Å². The van der Waals surface area contributed by atoms with Gasteiger partial charge in [-0.05, 0) is 159 Å². The van der Waals surface area contributed by atoms with Crippen LogP contribution in [0.5, 0.6) is 46.0 Å². The Kier molecular flexibility index (Phi) is 29.2. The number of nitrogens with zero attached hydrogens (tertiary/aromatic N) is 3. The van der Waals surface area contributed by atoms with E-state index in [4.69, 9.17) is 63.1 Å². The molecule has 0 spiro atoms. The Hall–Kier alpha value is -10.9. The fourth-order valence-electron chi connectivity index (χ4n) is 15.3. The number of rotatable bonds is 24. The zero-order valence-corrected chi connectivity index (χ0v) is 68.5. The number of phenols is 3. The number of fused-ring (bicyclic) bond motifs is 15. The third-order valence-corrected chi connectivity index (χ3v) is 22.3. The molecule has 0 saturated carbocycles. The van der Waals surface area contributed by atoms with Crippen LogP contribution in [-0.2, 0) is 65.7 Å². The standard InChI is InChI=1S/C84H99Cl2N13O23/c1-39(2)26-52(89-5)76(110)97-67-69(105)42-17-20-56(50(85)28-42)118-58-30-44-31-59(73(58)122-83-74(72(108)71(107)60(38-100)120-83)121-62-35-84(4,88)75(109)40(3)117-62)119-57-21-18-43(29-51(57)86)70(106)68-82(116)96-66(78(112)92-24-10-6-7-13-25-99(36-45-14-8-11-22-90-45)37-46-15-9-12-23-91-46)49-32-47(101)33-55(103)63(49)48-27-41(16-19-54(48)102)64(79(113)98-68)95-80(114)65(44)94-77(111)53(34-61(87)104)93-81(67)115/h8-9,11-12,14-23,27-33,39-40,52-53,60,62,64-72,74-75,83,89,100-103,105-109H,6-7,10,13,24-26,34-38,88H2,1-5H3,(H2,87,104)(H,92,112)(H,93,115)(H,94,111)(H,95,114)(H,96,116)(H,97,110)(H,98,113)/t40-,52+,53-,60+,62-,64+,65+,66-,67+,68-,69+,70+,71+,72-,74+,75+,83-,84-/m0/s1. The van der Waals surface area contributed by atoms with Crippen LogP contribution in [-0.4, -0.2) is 214 Å². The zero-order valence-electron chi connectivity index (χ0n) is 67.0. The van der Waals surface area contributed by atoms with Crippen molar-refractivity contribution in [3.8, 4) is 57.1 Å². The van der Waals surface area contributed by atoms with Crippen molar-refractivity contribution >= 4 is 70.5 Å². The summed E-state index contributed by atoms with van der Waals surface area (Å²) in [5.41, 5.74) is 10.4. The lowest BCUT2D eigenvalue weighted by molar-refractivity contribution is -0.333. The first-order valence-electron chi connectivity index (χ1n) is 39.7. The summed E-state index contributed by atoms with van der Waals surface area (Å²) in [7, 11) is 1.48. The van der Waals surface area contributed by atoms with Gasteiger partial charge in [0.15, 0.2) is 23.9 Å². The van der Waals surface area contributed by atoms with E-state index < -0.39 is 220 Å². The smallest absolute Gasteiger partial charge is 0.248 e. The summed E-state index contributed by atoms with van der Waals surface area (Å²) >= 11 is 14.4. The maximum absolute atomic E-state index is 16.3. The van der Waals surface area contributed by atoms with Crippen molar-refractivity contribution in [2.75, 3.05) is 26.7 Å². The van der Waals surface area contributed by atoms with Crippen LogP contribution < -0.4 is 68.2 Å². The Morgan fingerprint density at radius 1 is 0.680 bits per heavy atom. The number of aliphatic hydroxyl groups is 6. The number of carbonyl (C=O) groups excluding carboxylic acids is 8. The second kappa shape index (κ2) is 39.5. The van der Waals surface area contributed by atoms with Crippen molar-refractivity contribution in [3.05, 3.63) is 177 Å². The number of hydrogen-bond donors (Lipinski definition) is 19. The minimum atomic E-state index is -2.35. The van der Waals surface area contributed by atoms with Crippen LogP contribution in [0.3, 0.4) is 0 Å². The number of aromatic hydroxyl groups is 3. The summed E-state index contributed by atoms with van der Waals surface area (Å²) < 4.78 is 38.8. The Morgan fingerprint density at radius 2 is 1.30 bits per heavy atom. The van der Waals surface area contributed by atoms with E-state index in [2.05, 4.69) is 57.4 Å². The summed E-state index contributed by atoms with van der Waals surface area (Å²) in [6, 6.07) is 11.8. The molecule has 0 unspecified atom stereocenters. The van der Waals surface area contributed by atoms with Crippen molar-refractivity contribution in [2.24, 2.45) is 17.4 Å². The molecule has 8 amide bonds. The first-order valence-corrected chi connectivity index (χ1v) is 40.5. The third-order valence-electron chi connectivity index (χ3n) is 21.7. The minimum Gasteiger partial charge on any atom is -0.508 e. The average Bonchev–Trinajstić information content (AvgIpc) is 0.764. The Labute approximate surface area is 710 Å². The molecule has 38 heteroatoms. The summed E-state index contributed by atoms with van der Waals surface area (Å²) in [5, 5.41) is 126. The van der Waals surface area contributed by atoms with Crippen molar-refractivity contribution in [1.82, 2.24) is 57.4 Å². The topological polar surface area (TPSA) is 551 Å². The monoisotopic (exact) mass is 1730 g/mol. The second-order valence-electron chi connectivity index (χ2n) is 31.4. The number of ether oxygens (including phenoxy) is 6. The molecule has 5 aromatic carbocycles. The number of nitrogens with one attached hydrogen (secondary N) is 8. The van der Waals surface area contributed by atoms with E-state index in [0.717, 1.165) is 72.4 Å². The number of likely N-dealkylation sites (N-methyl/N-ethyl adjacent to an activating group) is 1. The highest BCUT2D eigenvalue weighted by Gasteiger charge is 2.52. The van der Waals surface area contributed by atoms with Gasteiger partial charge in [0, 0.05) is 61.2 Å². The Morgan fingerprint density at radius 3 is 1.89 bits per heavy atom. The van der Waals surface area contributed by atoms with E-state index in [1.807, 2.05) is 50.2 Å². The highest BCUT2D eigenvalue weighted by atomic mass is 35.5. The van der Waals surface area contributed by atoms with Gasteiger partial charge >= 0.3 is 0 Å². The Bertz CT molecular complexity index is 4940. The van der Waals surface area contributed by atoms with E-state index >= 15 is 28.8 Å². The molecular formula is C84H99Cl2N13O23. The fourth-order valence-corrected chi connectivity index (χ4v) is 15.7. The van der Waals surface area contributed by atoms with Crippen LogP contribution in [0.25, 0.3) is 11.1 Å². The second-order valence-corrected chi connectivity index (χ2v) is 32.2. The average molecular weight is 1730 g/mol. The van der Waals surface area contributed by atoms with Crippen molar-refractivity contribution in [1.29, 1.82) is 0 Å². The van der Waals surface area contributed by atoms with Crippen LogP contribution in [0.4, 0.5) is 0 Å². The first kappa shape index (κ1) is 90.3. The maximum Gasteiger partial charge on any atom is 0.248 e. The lowest BCUT2D eigenvalue weighted by Gasteiger charge is -2.47. The quantitative estimate of drug-likeness (QED) is 0.0386. The molecule has 2 aromatic heterocycles. The highest BCUT2D eigenvalue weighted by Crippen LogP contribution is 2.50. The predicted octanol–water partition coefficient (Wildman–Crippen LogP) is 3.19. The molecule has 36 nitrogen and oxygen atoms in total. The first-order chi connectivity index (χ1) is 58.2. The molecule has 122 heavy (non-hydrogen) atoms. The van der Waals surface area contributed by atoms with Gasteiger partial charge in [-0.3, -0.25) is 53.2 Å². The largest absolute Gasteiger partial charge is 0.508 e. The van der Waals surface area contributed by atoms with Crippen LogP contribution in [0.1, 0.15) is 142 Å². The molecule has 14 rings (SSSR count). The van der Waals surface area contributed by atoms with Crippen LogP contribution in [0.15, 0.2) is 128 Å². The van der Waals surface area contributed by atoms with Gasteiger partial charge in [-0.1, -0.05) is 80.2 Å². The molecule has 7 aromatic rings. The van der Waals surface area contributed by atoms with E-state index in [9.17, 15) is 55.5 Å². The molecule has 0 radical (unpaired) electrons. The normalized spacial score (nSPS) is 26.4. The predicted molar refractivity (Wildman–Crippen MR) is 436 cm³/mol. The number of nitrogens with two attached hydrogens (primary N) is 2. The van der Waals surface area contributed by atoms with Crippen LogP contribution >= 0.6 is 23.2 Å². The SMILES string of the molecule is CN[C@H](CC(C)C)C(=O)N[C@H]1C(=O)N[C@@H](CC(N)=O)C(=O)N[C@H]2C(=O)N[C@H]3C(=O)N[C@H](C(=O)N[C@H](C(=O)NCCCCCCN(Cc4ccccn4)Cc4ccccn4)c4cc(O)cc(O)c4-c4cc3ccc4O)[C@H](O)c3ccc(c(Cl)c3)Oc3cc2cc(c3O[C@@H]2O[C@H](CO)[C@@H](O)[C@H](O)[C@H]2O[C@H]2C[C@](C)(N)[C@H](O)[C@H](C)O2)Oc2ccc(cc2Cl)[C@H]1O. The van der Waals surface area contributed by atoms with Gasteiger partial charge < -0.3 is 128 Å². The molecule has 2 fully saturated rings. The molecule has 11 bridgehead atoms. The van der Waals surface area contributed by atoms with Crippen molar-refractivity contribution in [3.63, 3.8) is 0 Å². The van der Waals surface area contributed by atoms with Gasteiger partial charge in [-0.2, -0.15) is 0 Å². The molecule has 21 N–H and O–H groups in total. The number of carbonyl (C=O) groups is 8. The van der Waals surface area contributed by atoms with Gasteiger partial charge in [0.2, 0.25) is 59.3 Å². The zero-order chi connectivity index (χ0) is 87.7. The number of halogens is 2. The lowest BCUT2D eigenvalue weighted by atomic mass is 9.86.